The molecule has 0 N–H and O–H groups in total. The predicted molar refractivity (Wildman–Crippen MR) is 90.1 cm³/mol. The van der Waals surface area contributed by atoms with Gasteiger partial charge in [-0.25, -0.2) is 4.79 Å². The van der Waals surface area contributed by atoms with Crippen molar-refractivity contribution in [2.45, 2.75) is 6.92 Å². The van der Waals surface area contributed by atoms with Crippen LogP contribution >= 0.6 is 11.8 Å². The molecule has 1 aliphatic rings. The Morgan fingerprint density at radius 1 is 1.38 bits per heavy atom. The maximum absolute atomic E-state index is 12.2. The van der Waals surface area contributed by atoms with Gasteiger partial charge in [-0.1, -0.05) is 24.1 Å². The van der Waals surface area contributed by atoms with E-state index in [1.165, 1.54) is 0 Å². The lowest BCUT2D eigenvalue weighted by atomic mass is 10.2. The van der Waals surface area contributed by atoms with Crippen molar-refractivity contribution in [3.63, 3.8) is 0 Å². The number of nitrogens with zero attached hydrogens (tertiary/aromatic N) is 1. The molecule has 0 unspecified atom stereocenters. The molecular formula is C17H15NO5S. The molecule has 0 aromatic heterocycles. The number of carbonyl (C=O) groups is 3. The molecule has 1 aliphatic heterocycles. The molecule has 1 heterocycles. The second-order valence-corrected chi connectivity index (χ2v) is 5.60. The summed E-state index contributed by atoms with van der Waals surface area (Å²) in [5.41, 5.74) is 0.577. The van der Waals surface area contributed by atoms with Crippen molar-refractivity contribution in [2.24, 2.45) is 0 Å². The zero-order valence-electron chi connectivity index (χ0n) is 13.0. The van der Waals surface area contributed by atoms with E-state index in [1.54, 1.807) is 37.3 Å². The Bertz CT molecular complexity index is 735. The third-order valence-corrected chi connectivity index (χ3v) is 3.89. The van der Waals surface area contributed by atoms with E-state index in [0.29, 0.717) is 11.3 Å². The van der Waals surface area contributed by atoms with Gasteiger partial charge in [-0.3, -0.25) is 14.5 Å². The number of para-hydroxylation sites is 1. The van der Waals surface area contributed by atoms with Crippen molar-refractivity contribution >= 4 is 35.0 Å². The van der Waals surface area contributed by atoms with E-state index in [2.05, 4.69) is 5.92 Å². The van der Waals surface area contributed by atoms with Gasteiger partial charge in [0.15, 0.2) is 6.61 Å². The van der Waals surface area contributed by atoms with Crippen molar-refractivity contribution in [1.29, 1.82) is 0 Å². The van der Waals surface area contributed by atoms with Crippen molar-refractivity contribution in [3.8, 4) is 18.1 Å². The molecule has 2 amide bonds. The second kappa shape index (κ2) is 8.22. The number of carbonyl (C=O) groups excluding carboxylic acids is 3. The minimum atomic E-state index is -0.485. The molecule has 0 radical (unpaired) electrons. The van der Waals surface area contributed by atoms with Gasteiger partial charge >= 0.3 is 5.97 Å². The molecular weight excluding hydrogens is 330 g/mol. The molecule has 0 bridgehead atoms. The Morgan fingerprint density at radius 2 is 2.12 bits per heavy atom. The highest BCUT2D eigenvalue weighted by atomic mass is 32.2. The van der Waals surface area contributed by atoms with E-state index in [-0.39, 0.29) is 24.7 Å². The maximum atomic E-state index is 12.2. The Labute approximate surface area is 143 Å². The molecule has 0 atom stereocenters. The van der Waals surface area contributed by atoms with Crippen LogP contribution in [0.25, 0.3) is 6.08 Å². The zero-order chi connectivity index (χ0) is 17.5. The summed E-state index contributed by atoms with van der Waals surface area (Å²) in [6, 6.07) is 6.88. The molecule has 0 aliphatic carbocycles. The number of imide groups is 1. The van der Waals surface area contributed by atoms with Crippen LogP contribution in [0.2, 0.25) is 0 Å². The van der Waals surface area contributed by atoms with Crippen LogP contribution in [0.5, 0.6) is 5.75 Å². The molecule has 1 fully saturated rings. The van der Waals surface area contributed by atoms with Crippen LogP contribution < -0.4 is 4.74 Å². The predicted octanol–water partition coefficient (Wildman–Crippen LogP) is 2.30. The van der Waals surface area contributed by atoms with Gasteiger partial charge in [0.2, 0.25) is 0 Å². The standard InChI is InChI=1S/C17H15NO5S/c1-3-9-18-16(20)14(24-17(18)21)10-12-7-5-6-8-13(12)23-11-15(19)22-4-2/h1,5-8,10H,4,9,11H2,2H3/b14-10-. The molecule has 1 aromatic rings. The minimum absolute atomic E-state index is 0.0665. The first-order valence-electron chi connectivity index (χ1n) is 7.13. The molecule has 1 saturated heterocycles. The molecule has 0 spiro atoms. The summed E-state index contributed by atoms with van der Waals surface area (Å²) in [4.78, 5) is 36.6. The average molecular weight is 345 g/mol. The van der Waals surface area contributed by atoms with Crippen LogP contribution in [0.4, 0.5) is 4.79 Å². The number of rotatable bonds is 6. The first-order chi connectivity index (χ1) is 11.6. The summed E-state index contributed by atoms with van der Waals surface area (Å²) in [5, 5.41) is -0.408. The molecule has 124 valence electrons. The number of esters is 1. The van der Waals surface area contributed by atoms with Crippen molar-refractivity contribution in [3.05, 3.63) is 34.7 Å². The smallest absolute Gasteiger partial charge is 0.344 e. The normalized spacial score (nSPS) is 15.5. The van der Waals surface area contributed by atoms with Gasteiger partial charge < -0.3 is 9.47 Å². The lowest BCUT2D eigenvalue weighted by Gasteiger charge is -2.09. The van der Waals surface area contributed by atoms with E-state index in [9.17, 15) is 14.4 Å². The molecule has 6 nitrogen and oxygen atoms in total. The van der Waals surface area contributed by atoms with E-state index < -0.39 is 17.1 Å². The number of amides is 2. The zero-order valence-corrected chi connectivity index (χ0v) is 13.8. The van der Waals surface area contributed by atoms with Crippen LogP contribution in [0.15, 0.2) is 29.2 Å². The molecule has 1 aromatic carbocycles. The van der Waals surface area contributed by atoms with Crippen LogP contribution in [-0.4, -0.2) is 41.8 Å². The fraction of sp³-hybridized carbons (Fsp3) is 0.235. The van der Waals surface area contributed by atoms with E-state index in [1.807, 2.05) is 0 Å². The summed E-state index contributed by atoms with van der Waals surface area (Å²) < 4.78 is 10.2. The highest BCUT2D eigenvalue weighted by molar-refractivity contribution is 8.18. The Balaban J connectivity index is 2.18. The highest BCUT2D eigenvalue weighted by Crippen LogP contribution is 2.33. The fourth-order valence-electron chi connectivity index (χ4n) is 1.94. The molecule has 0 saturated carbocycles. The number of benzene rings is 1. The van der Waals surface area contributed by atoms with Gasteiger partial charge in [0, 0.05) is 5.56 Å². The quantitative estimate of drug-likeness (QED) is 0.447. The molecule has 24 heavy (non-hydrogen) atoms. The summed E-state index contributed by atoms with van der Waals surface area (Å²) in [5.74, 6) is 1.76. The first kappa shape index (κ1) is 17.6. The lowest BCUT2D eigenvalue weighted by molar-refractivity contribution is -0.145. The van der Waals surface area contributed by atoms with Crippen LogP contribution in [-0.2, 0) is 14.3 Å². The average Bonchev–Trinajstić information content (AvgIpc) is 2.82. The van der Waals surface area contributed by atoms with Crippen LogP contribution in [0, 0.1) is 12.3 Å². The van der Waals surface area contributed by atoms with Crippen LogP contribution in [0.1, 0.15) is 12.5 Å². The SMILES string of the molecule is C#CCN1C(=O)S/C(=C\c2ccccc2OCC(=O)OCC)C1=O. The van der Waals surface area contributed by atoms with E-state index in [4.69, 9.17) is 15.9 Å². The van der Waals surface area contributed by atoms with E-state index in [0.717, 1.165) is 16.7 Å². The second-order valence-electron chi connectivity index (χ2n) is 4.60. The molecule has 7 heteroatoms. The number of terminal acetylenes is 1. The summed E-state index contributed by atoms with van der Waals surface area (Å²) >= 11 is 0.814. The van der Waals surface area contributed by atoms with Gasteiger partial charge in [-0.05, 0) is 30.8 Å². The number of hydrogen-bond acceptors (Lipinski definition) is 6. The van der Waals surface area contributed by atoms with Gasteiger partial charge in [-0.2, -0.15) is 0 Å². The third kappa shape index (κ3) is 4.18. The lowest BCUT2D eigenvalue weighted by Crippen LogP contribution is -2.28. The first-order valence-corrected chi connectivity index (χ1v) is 7.94. The van der Waals surface area contributed by atoms with Gasteiger partial charge in [0.25, 0.3) is 11.1 Å². The number of thioether (sulfide) groups is 1. The number of ether oxygens (including phenoxy) is 2. The van der Waals surface area contributed by atoms with Crippen LogP contribution in [0.3, 0.4) is 0 Å². The molecule has 2 rings (SSSR count). The van der Waals surface area contributed by atoms with Crippen molar-refractivity contribution in [2.75, 3.05) is 19.8 Å². The summed E-state index contributed by atoms with van der Waals surface area (Å²) in [7, 11) is 0. The van der Waals surface area contributed by atoms with Crippen molar-refractivity contribution < 1.29 is 23.9 Å². The van der Waals surface area contributed by atoms with Gasteiger partial charge in [0.1, 0.15) is 5.75 Å². The highest BCUT2D eigenvalue weighted by Gasteiger charge is 2.34. The fourth-order valence-corrected chi connectivity index (χ4v) is 2.77. The Kier molecular flexibility index (Phi) is 6.04. The number of hydrogen-bond donors (Lipinski definition) is 0. The largest absolute Gasteiger partial charge is 0.481 e. The van der Waals surface area contributed by atoms with E-state index >= 15 is 0 Å². The Hall–Kier alpha value is -2.72. The summed E-state index contributed by atoms with van der Waals surface area (Å²) in [6.45, 7) is 1.67. The van der Waals surface area contributed by atoms with Crippen molar-refractivity contribution in [1.82, 2.24) is 4.90 Å². The third-order valence-electron chi connectivity index (χ3n) is 2.98. The minimum Gasteiger partial charge on any atom is -0.481 e. The monoisotopic (exact) mass is 345 g/mol. The Morgan fingerprint density at radius 3 is 2.83 bits per heavy atom. The maximum Gasteiger partial charge on any atom is 0.344 e. The van der Waals surface area contributed by atoms with Gasteiger partial charge in [-0.15, -0.1) is 6.42 Å². The topological polar surface area (TPSA) is 72.9 Å². The summed E-state index contributed by atoms with van der Waals surface area (Å²) in [6.07, 6.45) is 6.70. The van der Waals surface area contributed by atoms with Gasteiger partial charge in [0.05, 0.1) is 18.1 Å².